The molecule has 1 aliphatic carbocycles. The Labute approximate surface area is 56.6 Å². The van der Waals surface area contributed by atoms with E-state index in [9.17, 15) is 0 Å². The van der Waals surface area contributed by atoms with Crippen LogP contribution in [0.3, 0.4) is 0 Å². The fraction of sp³-hybridized carbons (Fsp3) is 0.444. The van der Waals surface area contributed by atoms with Crippen molar-refractivity contribution in [3.8, 4) is 0 Å². The van der Waals surface area contributed by atoms with Crippen LogP contribution in [0.4, 0.5) is 0 Å². The maximum Gasteiger partial charge on any atom is -0.0165 e. The second-order valence-electron chi connectivity index (χ2n) is 2.45. The summed E-state index contributed by atoms with van der Waals surface area (Å²) in [5.41, 5.74) is 4.46. The lowest BCUT2D eigenvalue weighted by atomic mass is 10.00. The Kier molecular flexibility index (Phi) is 1.92. The molecule has 0 fully saturated rings. The van der Waals surface area contributed by atoms with Crippen molar-refractivity contribution in [2.24, 2.45) is 5.92 Å². The Morgan fingerprint density at radius 1 is 1.67 bits per heavy atom. The van der Waals surface area contributed by atoms with Crippen LogP contribution < -0.4 is 0 Å². The van der Waals surface area contributed by atoms with Gasteiger partial charge >= 0.3 is 0 Å². The van der Waals surface area contributed by atoms with Gasteiger partial charge in [0.15, 0.2) is 0 Å². The molecule has 0 aliphatic heterocycles. The van der Waals surface area contributed by atoms with E-state index in [2.05, 4.69) is 31.7 Å². The SMILES string of the molecule is CCC(C)C1=CC=C=C1. The second kappa shape index (κ2) is 2.70. The molecule has 1 rings (SSSR count). The van der Waals surface area contributed by atoms with Crippen LogP contribution in [0.15, 0.2) is 29.5 Å². The van der Waals surface area contributed by atoms with E-state index < -0.39 is 0 Å². The van der Waals surface area contributed by atoms with Gasteiger partial charge in [-0.25, -0.2) is 0 Å². The number of allylic oxidation sites excluding steroid dienone is 3. The van der Waals surface area contributed by atoms with Gasteiger partial charge in [-0.05, 0) is 30.1 Å². The van der Waals surface area contributed by atoms with E-state index in [0.29, 0.717) is 5.92 Å². The zero-order chi connectivity index (χ0) is 6.69. The number of hydrogen-bond donors (Lipinski definition) is 0. The lowest BCUT2D eigenvalue weighted by Gasteiger charge is -2.05. The monoisotopic (exact) mass is 120 g/mol. The summed E-state index contributed by atoms with van der Waals surface area (Å²) in [7, 11) is 0. The summed E-state index contributed by atoms with van der Waals surface area (Å²) in [6.07, 6.45) is 7.39. The maximum atomic E-state index is 3.04. The van der Waals surface area contributed by atoms with Crippen LogP contribution in [0, 0.1) is 5.92 Å². The predicted molar refractivity (Wildman–Crippen MR) is 40.2 cm³/mol. The molecule has 0 saturated carbocycles. The summed E-state index contributed by atoms with van der Waals surface area (Å²) < 4.78 is 0. The van der Waals surface area contributed by atoms with Gasteiger partial charge in [-0.2, -0.15) is 0 Å². The van der Waals surface area contributed by atoms with E-state index in [0.717, 1.165) is 0 Å². The molecule has 1 atom stereocenters. The van der Waals surface area contributed by atoms with Crippen molar-refractivity contribution in [1.82, 2.24) is 0 Å². The van der Waals surface area contributed by atoms with Crippen LogP contribution in [0.25, 0.3) is 0 Å². The lowest BCUT2D eigenvalue weighted by Crippen LogP contribution is -1.92. The average molecular weight is 120 g/mol. The van der Waals surface area contributed by atoms with Crippen molar-refractivity contribution >= 4 is 0 Å². The highest BCUT2D eigenvalue weighted by Crippen LogP contribution is 2.17. The second-order valence-corrected chi connectivity index (χ2v) is 2.45. The first-order valence-corrected chi connectivity index (χ1v) is 3.47. The third-order valence-electron chi connectivity index (χ3n) is 1.80. The van der Waals surface area contributed by atoms with Gasteiger partial charge in [-0.1, -0.05) is 19.9 Å². The van der Waals surface area contributed by atoms with E-state index in [-0.39, 0.29) is 0 Å². The highest BCUT2D eigenvalue weighted by atomic mass is 14.1. The Morgan fingerprint density at radius 2 is 2.44 bits per heavy atom. The van der Waals surface area contributed by atoms with Gasteiger partial charge in [0.05, 0.1) is 0 Å². The molecule has 0 heterocycles. The molecule has 0 aromatic carbocycles. The lowest BCUT2D eigenvalue weighted by molar-refractivity contribution is 0.672. The molecule has 1 aliphatic rings. The maximum absolute atomic E-state index is 3.04. The zero-order valence-corrected chi connectivity index (χ0v) is 6.02. The van der Waals surface area contributed by atoms with E-state index in [1.165, 1.54) is 12.0 Å². The van der Waals surface area contributed by atoms with Gasteiger partial charge in [0.2, 0.25) is 0 Å². The standard InChI is InChI=1S/C9H12/c1-3-8(2)9-6-4-5-7-9/h4,6-8H,3H2,1-2H3. The van der Waals surface area contributed by atoms with Gasteiger partial charge in [0.1, 0.15) is 0 Å². The normalized spacial score (nSPS) is 18.2. The molecular formula is C9H12. The summed E-state index contributed by atoms with van der Waals surface area (Å²) in [5.74, 6) is 0.705. The van der Waals surface area contributed by atoms with Gasteiger partial charge in [-0.3, -0.25) is 0 Å². The molecule has 0 saturated heterocycles. The molecule has 0 aromatic rings. The van der Waals surface area contributed by atoms with E-state index in [4.69, 9.17) is 0 Å². The smallest absolute Gasteiger partial charge is 0.0165 e. The Bertz CT molecular complexity index is 178. The quantitative estimate of drug-likeness (QED) is 0.491. The van der Waals surface area contributed by atoms with Crippen LogP contribution in [0.5, 0.6) is 0 Å². The van der Waals surface area contributed by atoms with Crippen molar-refractivity contribution < 1.29 is 0 Å². The Hall–Kier alpha value is -0.740. The molecule has 0 heteroatoms. The molecule has 48 valence electrons. The number of hydrogen-bond acceptors (Lipinski definition) is 0. The summed E-state index contributed by atoms with van der Waals surface area (Å²) in [6.45, 7) is 4.45. The molecule has 0 nitrogen and oxygen atoms in total. The van der Waals surface area contributed by atoms with E-state index in [1.54, 1.807) is 0 Å². The van der Waals surface area contributed by atoms with Crippen molar-refractivity contribution in [2.75, 3.05) is 0 Å². The fourth-order valence-corrected chi connectivity index (χ4v) is 0.879. The van der Waals surface area contributed by atoms with Crippen molar-refractivity contribution in [2.45, 2.75) is 20.3 Å². The van der Waals surface area contributed by atoms with Crippen LogP contribution >= 0.6 is 0 Å². The summed E-state index contributed by atoms with van der Waals surface area (Å²) in [4.78, 5) is 0. The topological polar surface area (TPSA) is 0 Å². The molecular weight excluding hydrogens is 108 g/mol. The molecule has 0 aromatic heterocycles. The third-order valence-corrected chi connectivity index (χ3v) is 1.80. The summed E-state index contributed by atoms with van der Waals surface area (Å²) in [5, 5.41) is 0. The molecule has 0 radical (unpaired) electrons. The van der Waals surface area contributed by atoms with E-state index >= 15 is 0 Å². The third kappa shape index (κ3) is 1.34. The van der Waals surface area contributed by atoms with Crippen LogP contribution in [0.2, 0.25) is 0 Å². The largest absolute Gasteiger partial charge is 0.121 e. The van der Waals surface area contributed by atoms with Crippen LogP contribution in [-0.2, 0) is 0 Å². The Morgan fingerprint density at radius 3 is 2.89 bits per heavy atom. The minimum Gasteiger partial charge on any atom is -0.121 e. The average Bonchev–Trinajstić information content (AvgIpc) is 2.37. The molecule has 0 amide bonds. The molecule has 0 bridgehead atoms. The van der Waals surface area contributed by atoms with Crippen molar-refractivity contribution in [1.29, 1.82) is 0 Å². The first-order valence-electron chi connectivity index (χ1n) is 3.47. The van der Waals surface area contributed by atoms with Crippen LogP contribution in [-0.4, -0.2) is 0 Å². The first-order chi connectivity index (χ1) is 4.34. The minimum absolute atomic E-state index is 0.705. The molecule has 0 N–H and O–H groups in total. The highest BCUT2D eigenvalue weighted by Gasteiger charge is 2.02. The van der Waals surface area contributed by atoms with Crippen LogP contribution in [0.1, 0.15) is 20.3 Å². The highest BCUT2D eigenvalue weighted by molar-refractivity contribution is 5.31. The first kappa shape index (κ1) is 6.38. The van der Waals surface area contributed by atoms with Gasteiger partial charge in [0, 0.05) is 0 Å². The minimum atomic E-state index is 0.705. The zero-order valence-electron chi connectivity index (χ0n) is 6.02. The molecule has 1 unspecified atom stereocenters. The van der Waals surface area contributed by atoms with Gasteiger partial charge in [0.25, 0.3) is 0 Å². The summed E-state index contributed by atoms with van der Waals surface area (Å²) >= 11 is 0. The van der Waals surface area contributed by atoms with Crippen molar-refractivity contribution in [3.05, 3.63) is 29.5 Å². The van der Waals surface area contributed by atoms with Gasteiger partial charge in [-0.15, -0.1) is 5.73 Å². The Balaban J connectivity index is 2.56. The predicted octanol–water partition coefficient (Wildman–Crippen LogP) is 2.68. The van der Waals surface area contributed by atoms with Crippen molar-refractivity contribution in [3.63, 3.8) is 0 Å². The molecule has 0 spiro atoms. The summed E-state index contributed by atoms with van der Waals surface area (Å²) in [6, 6.07) is 0. The van der Waals surface area contributed by atoms with Gasteiger partial charge < -0.3 is 0 Å². The van der Waals surface area contributed by atoms with E-state index in [1.807, 2.05) is 6.08 Å². The molecule has 9 heavy (non-hydrogen) atoms. The fourth-order valence-electron chi connectivity index (χ4n) is 0.879. The number of rotatable bonds is 2.